The Bertz CT molecular complexity index is 448. The maximum absolute atomic E-state index is 11.9. The molecule has 1 N–H and O–H groups in total. The van der Waals surface area contributed by atoms with Gasteiger partial charge < -0.3 is 4.98 Å². The molecule has 1 aromatic carbocycles. The van der Waals surface area contributed by atoms with E-state index >= 15 is 0 Å². The van der Waals surface area contributed by atoms with Crippen molar-refractivity contribution < 1.29 is 4.79 Å². The van der Waals surface area contributed by atoms with Gasteiger partial charge in [0.15, 0.2) is 5.78 Å². The molecule has 2 rings (SSSR count). The van der Waals surface area contributed by atoms with Crippen molar-refractivity contribution in [3.8, 4) is 0 Å². The third-order valence-electron chi connectivity index (χ3n) is 1.98. The summed E-state index contributed by atoms with van der Waals surface area (Å²) in [5.41, 5.74) is 1.46. The average molecular weight is 297 g/mol. The van der Waals surface area contributed by atoms with Crippen LogP contribution in [0.3, 0.4) is 0 Å². The van der Waals surface area contributed by atoms with Crippen LogP contribution in [-0.2, 0) is 0 Å². The number of H-pyrrole nitrogens is 1. The summed E-state index contributed by atoms with van der Waals surface area (Å²) in [6.45, 7) is 0. The number of hydrogen-bond acceptors (Lipinski definition) is 1. The van der Waals surface area contributed by atoms with E-state index in [1.54, 1.807) is 18.5 Å². The molecule has 70 valence electrons. The maximum atomic E-state index is 11.9. The lowest BCUT2D eigenvalue weighted by Crippen LogP contribution is -2.01. The Morgan fingerprint density at radius 3 is 2.64 bits per heavy atom. The van der Waals surface area contributed by atoms with Crippen molar-refractivity contribution in [2.24, 2.45) is 0 Å². The van der Waals surface area contributed by atoms with E-state index in [1.165, 1.54) is 0 Å². The van der Waals surface area contributed by atoms with Gasteiger partial charge in [-0.2, -0.15) is 0 Å². The van der Waals surface area contributed by atoms with Gasteiger partial charge in [-0.15, -0.1) is 0 Å². The molecule has 0 bridgehead atoms. The van der Waals surface area contributed by atoms with Crippen LogP contribution in [0.4, 0.5) is 0 Å². The number of nitrogens with one attached hydrogen (secondary N) is 1. The zero-order chi connectivity index (χ0) is 9.97. The molecule has 0 aliphatic carbocycles. The lowest BCUT2D eigenvalue weighted by molar-refractivity contribution is 0.103. The summed E-state index contributed by atoms with van der Waals surface area (Å²) in [5.74, 6) is 0.0660. The fourth-order valence-corrected chi connectivity index (χ4v) is 1.90. The molecule has 0 saturated carbocycles. The first kappa shape index (κ1) is 9.45. The van der Waals surface area contributed by atoms with Gasteiger partial charge in [0.25, 0.3) is 0 Å². The van der Waals surface area contributed by atoms with Crippen LogP contribution in [0.25, 0.3) is 0 Å². The van der Waals surface area contributed by atoms with E-state index in [-0.39, 0.29) is 5.78 Å². The molecule has 0 fully saturated rings. The second-order valence-electron chi connectivity index (χ2n) is 2.91. The predicted molar refractivity (Wildman–Crippen MR) is 63.4 cm³/mol. The number of aromatic nitrogens is 1. The number of benzene rings is 1. The molecule has 14 heavy (non-hydrogen) atoms. The summed E-state index contributed by atoms with van der Waals surface area (Å²) < 4.78 is 0.983. The average Bonchev–Trinajstić information content (AvgIpc) is 2.70. The SMILES string of the molecule is O=C(c1cc[nH]c1)c1ccccc1I. The smallest absolute Gasteiger partial charge is 0.195 e. The Morgan fingerprint density at radius 2 is 2.00 bits per heavy atom. The van der Waals surface area contributed by atoms with Gasteiger partial charge in [0.2, 0.25) is 0 Å². The standard InChI is InChI=1S/C11H8INO/c12-10-4-2-1-3-9(10)11(14)8-5-6-13-7-8/h1-7,13H. The van der Waals surface area contributed by atoms with Gasteiger partial charge in [-0.1, -0.05) is 12.1 Å². The van der Waals surface area contributed by atoms with Crippen molar-refractivity contribution in [2.75, 3.05) is 0 Å². The third-order valence-corrected chi connectivity index (χ3v) is 2.92. The van der Waals surface area contributed by atoms with Crippen molar-refractivity contribution in [1.29, 1.82) is 0 Å². The molecule has 0 saturated heterocycles. The minimum absolute atomic E-state index is 0.0660. The molecule has 0 spiro atoms. The van der Waals surface area contributed by atoms with Gasteiger partial charge in [-0.25, -0.2) is 0 Å². The Balaban J connectivity index is 2.42. The Hall–Kier alpha value is -1.10. The number of ketones is 1. The highest BCUT2D eigenvalue weighted by molar-refractivity contribution is 14.1. The molecule has 3 heteroatoms. The van der Waals surface area contributed by atoms with Crippen molar-refractivity contribution in [2.45, 2.75) is 0 Å². The summed E-state index contributed by atoms with van der Waals surface area (Å²) in [7, 11) is 0. The van der Waals surface area contributed by atoms with Gasteiger partial charge >= 0.3 is 0 Å². The quantitative estimate of drug-likeness (QED) is 0.671. The van der Waals surface area contributed by atoms with Crippen molar-refractivity contribution in [1.82, 2.24) is 4.98 Å². The number of rotatable bonds is 2. The highest BCUT2D eigenvalue weighted by Gasteiger charge is 2.11. The molecule has 0 unspecified atom stereocenters. The highest BCUT2D eigenvalue weighted by atomic mass is 127. The molecule has 2 aromatic rings. The molecule has 0 atom stereocenters. The van der Waals surface area contributed by atoms with Crippen LogP contribution in [-0.4, -0.2) is 10.8 Å². The zero-order valence-corrected chi connectivity index (χ0v) is 9.49. The van der Waals surface area contributed by atoms with Crippen molar-refractivity contribution >= 4 is 28.4 Å². The van der Waals surface area contributed by atoms with Crippen LogP contribution in [0.5, 0.6) is 0 Å². The van der Waals surface area contributed by atoms with E-state index in [0.29, 0.717) is 5.56 Å². The normalized spacial score (nSPS) is 10.1. The second-order valence-corrected chi connectivity index (χ2v) is 4.07. The minimum atomic E-state index is 0.0660. The summed E-state index contributed by atoms with van der Waals surface area (Å²) >= 11 is 2.17. The van der Waals surface area contributed by atoms with Crippen LogP contribution in [0.1, 0.15) is 15.9 Å². The van der Waals surface area contributed by atoms with Crippen molar-refractivity contribution in [3.05, 3.63) is 57.4 Å². The molecule has 0 aliphatic rings. The molecule has 1 heterocycles. The first-order chi connectivity index (χ1) is 6.79. The van der Waals surface area contributed by atoms with Crippen molar-refractivity contribution in [3.63, 3.8) is 0 Å². The number of carbonyl (C=O) groups is 1. The van der Waals surface area contributed by atoms with Gasteiger partial charge in [-0.05, 0) is 40.8 Å². The number of carbonyl (C=O) groups excluding carboxylic acids is 1. The first-order valence-electron chi connectivity index (χ1n) is 4.21. The van der Waals surface area contributed by atoms with E-state index in [9.17, 15) is 4.79 Å². The van der Waals surface area contributed by atoms with Crippen LogP contribution >= 0.6 is 22.6 Å². The van der Waals surface area contributed by atoms with Gasteiger partial charge in [0.1, 0.15) is 0 Å². The van der Waals surface area contributed by atoms with E-state index in [2.05, 4.69) is 27.6 Å². The van der Waals surface area contributed by atoms with E-state index < -0.39 is 0 Å². The molecule has 0 radical (unpaired) electrons. The maximum Gasteiger partial charge on any atom is 0.195 e. The molecule has 2 nitrogen and oxygen atoms in total. The number of halogens is 1. The molecular formula is C11H8INO. The molecule has 1 aromatic heterocycles. The van der Waals surface area contributed by atoms with E-state index in [4.69, 9.17) is 0 Å². The monoisotopic (exact) mass is 297 g/mol. The molecular weight excluding hydrogens is 289 g/mol. The number of aromatic amines is 1. The molecule has 0 aliphatic heterocycles. The largest absolute Gasteiger partial charge is 0.367 e. The second kappa shape index (κ2) is 3.96. The van der Waals surface area contributed by atoms with Gasteiger partial charge in [-0.3, -0.25) is 4.79 Å². The topological polar surface area (TPSA) is 32.9 Å². The highest BCUT2D eigenvalue weighted by Crippen LogP contribution is 2.15. The fourth-order valence-electron chi connectivity index (χ4n) is 1.27. The summed E-state index contributed by atoms with van der Waals surface area (Å²) in [4.78, 5) is 14.8. The Morgan fingerprint density at radius 1 is 1.21 bits per heavy atom. The Labute approximate surface area is 95.5 Å². The van der Waals surface area contributed by atoms with Gasteiger partial charge in [0, 0.05) is 27.1 Å². The summed E-state index contributed by atoms with van der Waals surface area (Å²) in [6, 6.07) is 9.36. The van der Waals surface area contributed by atoms with E-state index in [0.717, 1.165) is 9.13 Å². The van der Waals surface area contributed by atoms with Crippen LogP contribution in [0.15, 0.2) is 42.7 Å². The number of hydrogen-bond donors (Lipinski definition) is 1. The predicted octanol–water partition coefficient (Wildman–Crippen LogP) is 2.85. The van der Waals surface area contributed by atoms with Crippen LogP contribution < -0.4 is 0 Å². The zero-order valence-electron chi connectivity index (χ0n) is 7.33. The lowest BCUT2D eigenvalue weighted by Gasteiger charge is -2.00. The first-order valence-corrected chi connectivity index (χ1v) is 5.29. The third kappa shape index (κ3) is 1.72. The summed E-state index contributed by atoms with van der Waals surface area (Å²) in [6.07, 6.45) is 3.47. The fraction of sp³-hybridized carbons (Fsp3) is 0. The van der Waals surface area contributed by atoms with Crippen LogP contribution in [0.2, 0.25) is 0 Å². The summed E-state index contributed by atoms with van der Waals surface area (Å²) in [5, 5.41) is 0. The lowest BCUT2D eigenvalue weighted by atomic mass is 10.1. The van der Waals surface area contributed by atoms with E-state index in [1.807, 2.05) is 24.3 Å². The Kier molecular flexibility index (Phi) is 2.67. The minimum Gasteiger partial charge on any atom is -0.367 e. The molecule has 0 amide bonds. The van der Waals surface area contributed by atoms with Crippen LogP contribution in [0, 0.1) is 3.57 Å². The van der Waals surface area contributed by atoms with Gasteiger partial charge in [0.05, 0.1) is 0 Å².